The molecule has 1 amide bonds. The molecule has 2 aromatic rings. The molecule has 1 aliphatic rings. The van der Waals surface area contributed by atoms with E-state index in [1.165, 1.54) is 0 Å². The van der Waals surface area contributed by atoms with Gasteiger partial charge in [0.15, 0.2) is 0 Å². The van der Waals surface area contributed by atoms with E-state index >= 15 is 0 Å². The normalized spacial score (nSPS) is 17.4. The van der Waals surface area contributed by atoms with Gasteiger partial charge in [-0.25, -0.2) is 0 Å². The third kappa shape index (κ3) is 4.85. The van der Waals surface area contributed by atoms with Gasteiger partial charge in [0.05, 0.1) is 0 Å². The molecule has 0 spiro atoms. The number of carbonyl (C=O) groups excluding carboxylic acids is 1. The zero-order valence-electron chi connectivity index (χ0n) is 15.3. The number of carbonyl (C=O) groups is 1. The lowest BCUT2D eigenvalue weighted by Gasteiger charge is -2.25. The Bertz CT molecular complexity index is 731. The van der Waals surface area contributed by atoms with E-state index in [0.29, 0.717) is 6.61 Å². The molecule has 0 bridgehead atoms. The van der Waals surface area contributed by atoms with Crippen molar-refractivity contribution in [3.8, 4) is 5.75 Å². The maximum absolute atomic E-state index is 12.5. The Morgan fingerprint density at radius 1 is 1.12 bits per heavy atom. The van der Waals surface area contributed by atoms with Crippen molar-refractivity contribution in [1.29, 1.82) is 0 Å². The summed E-state index contributed by atoms with van der Waals surface area (Å²) in [7, 11) is 0. The fourth-order valence-corrected chi connectivity index (χ4v) is 3.39. The van der Waals surface area contributed by atoms with Gasteiger partial charge in [-0.1, -0.05) is 51.1 Å². The van der Waals surface area contributed by atoms with Crippen LogP contribution in [0, 0.1) is 5.41 Å². The van der Waals surface area contributed by atoms with Crippen LogP contribution in [0.4, 0.5) is 0 Å². The number of hydrogen-bond donors (Lipinski definition) is 1. The molecule has 1 unspecified atom stereocenters. The molecular formula is C22H27NO2. The first kappa shape index (κ1) is 17.5. The maximum atomic E-state index is 12.5. The molecule has 0 aromatic heterocycles. The zero-order chi connectivity index (χ0) is 17.9. The lowest BCUT2D eigenvalue weighted by atomic mass is 9.86. The van der Waals surface area contributed by atoms with Crippen molar-refractivity contribution in [2.24, 2.45) is 5.41 Å². The van der Waals surface area contributed by atoms with E-state index in [2.05, 4.69) is 26.1 Å². The van der Waals surface area contributed by atoms with Gasteiger partial charge in [0, 0.05) is 11.6 Å². The van der Waals surface area contributed by atoms with E-state index in [4.69, 9.17) is 4.74 Å². The Kier molecular flexibility index (Phi) is 5.12. The molecule has 1 aliphatic heterocycles. The third-order valence-electron chi connectivity index (χ3n) is 4.53. The van der Waals surface area contributed by atoms with E-state index in [1.807, 2.05) is 48.5 Å². The van der Waals surface area contributed by atoms with Gasteiger partial charge in [0.1, 0.15) is 12.4 Å². The van der Waals surface area contributed by atoms with Gasteiger partial charge in [-0.05, 0) is 54.0 Å². The first-order chi connectivity index (χ1) is 11.9. The minimum absolute atomic E-state index is 0.0383. The standard InChI is InChI=1S/C22H27NO2/c1-22(2,3)14-18-10-9-17-13-19(11-12-20(17)21(24)23-18)25-15-16-7-5-4-6-8-16/h4-8,11-13,18H,9-10,14-15H2,1-3H3,(H,23,24). The summed E-state index contributed by atoms with van der Waals surface area (Å²) in [6, 6.07) is 16.2. The quantitative estimate of drug-likeness (QED) is 0.874. The number of hydrogen-bond acceptors (Lipinski definition) is 2. The van der Waals surface area contributed by atoms with E-state index in [9.17, 15) is 4.79 Å². The van der Waals surface area contributed by atoms with E-state index in [-0.39, 0.29) is 17.4 Å². The minimum atomic E-state index is 0.0383. The lowest BCUT2D eigenvalue weighted by molar-refractivity contribution is 0.0929. The number of aryl methyl sites for hydroxylation is 1. The molecule has 132 valence electrons. The van der Waals surface area contributed by atoms with Gasteiger partial charge in [-0.3, -0.25) is 4.79 Å². The second-order valence-electron chi connectivity index (χ2n) is 8.07. The first-order valence-electron chi connectivity index (χ1n) is 9.01. The Morgan fingerprint density at radius 2 is 1.88 bits per heavy atom. The molecule has 2 aromatic carbocycles. The third-order valence-corrected chi connectivity index (χ3v) is 4.53. The van der Waals surface area contributed by atoms with Crippen LogP contribution in [0.2, 0.25) is 0 Å². The van der Waals surface area contributed by atoms with Crippen molar-refractivity contribution in [2.75, 3.05) is 0 Å². The lowest BCUT2D eigenvalue weighted by Crippen LogP contribution is -2.36. The number of rotatable bonds is 4. The predicted octanol–water partition coefficient (Wildman–Crippen LogP) is 4.75. The van der Waals surface area contributed by atoms with Crippen molar-refractivity contribution in [3.63, 3.8) is 0 Å². The number of nitrogens with one attached hydrogen (secondary N) is 1. The van der Waals surface area contributed by atoms with Gasteiger partial charge in [-0.15, -0.1) is 0 Å². The molecule has 0 aliphatic carbocycles. The Morgan fingerprint density at radius 3 is 2.60 bits per heavy atom. The smallest absolute Gasteiger partial charge is 0.251 e. The molecule has 3 rings (SSSR count). The van der Waals surface area contributed by atoms with Gasteiger partial charge in [0.25, 0.3) is 5.91 Å². The minimum Gasteiger partial charge on any atom is -0.489 e. The summed E-state index contributed by atoms with van der Waals surface area (Å²) in [4.78, 5) is 12.5. The average Bonchev–Trinajstić information content (AvgIpc) is 2.71. The van der Waals surface area contributed by atoms with Crippen LogP contribution in [0.5, 0.6) is 5.75 Å². The van der Waals surface area contributed by atoms with Crippen molar-refractivity contribution in [1.82, 2.24) is 5.32 Å². The van der Waals surface area contributed by atoms with Crippen molar-refractivity contribution >= 4 is 5.91 Å². The molecule has 1 atom stereocenters. The second kappa shape index (κ2) is 7.30. The largest absolute Gasteiger partial charge is 0.489 e. The summed E-state index contributed by atoms with van der Waals surface area (Å²) in [5, 5.41) is 3.19. The van der Waals surface area contributed by atoms with Crippen LogP contribution in [0.15, 0.2) is 48.5 Å². The van der Waals surface area contributed by atoms with Crippen LogP contribution in [-0.4, -0.2) is 11.9 Å². The molecule has 0 radical (unpaired) electrons. The molecule has 1 heterocycles. The topological polar surface area (TPSA) is 38.3 Å². The maximum Gasteiger partial charge on any atom is 0.251 e. The molecule has 3 heteroatoms. The molecule has 0 saturated carbocycles. The summed E-state index contributed by atoms with van der Waals surface area (Å²) in [5.41, 5.74) is 3.21. The first-order valence-corrected chi connectivity index (χ1v) is 9.01. The fraction of sp³-hybridized carbons (Fsp3) is 0.409. The second-order valence-corrected chi connectivity index (χ2v) is 8.07. The van der Waals surface area contributed by atoms with Gasteiger partial charge >= 0.3 is 0 Å². The van der Waals surface area contributed by atoms with E-state index < -0.39 is 0 Å². The molecule has 25 heavy (non-hydrogen) atoms. The molecular weight excluding hydrogens is 310 g/mol. The average molecular weight is 337 g/mol. The summed E-state index contributed by atoms with van der Waals surface area (Å²) in [6.07, 6.45) is 2.86. The summed E-state index contributed by atoms with van der Waals surface area (Å²) < 4.78 is 5.91. The highest BCUT2D eigenvalue weighted by molar-refractivity contribution is 5.96. The van der Waals surface area contributed by atoms with Gasteiger partial charge in [0.2, 0.25) is 0 Å². The van der Waals surface area contributed by atoms with Gasteiger partial charge in [-0.2, -0.15) is 0 Å². The van der Waals surface area contributed by atoms with Crippen molar-refractivity contribution < 1.29 is 9.53 Å². The highest BCUT2D eigenvalue weighted by Gasteiger charge is 2.25. The molecule has 0 saturated heterocycles. The Balaban J connectivity index is 1.70. The van der Waals surface area contributed by atoms with Crippen molar-refractivity contribution in [3.05, 3.63) is 65.2 Å². The molecule has 0 fully saturated rings. The summed E-state index contributed by atoms with van der Waals surface area (Å²) in [5.74, 6) is 0.862. The Labute approximate surface area is 150 Å². The van der Waals surface area contributed by atoms with Crippen LogP contribution < -0.4 is 10.1 Å². The fourth-order valence-electron chi connectivity index (χ4n) is 3.39. The van der Waals surface area contributed by atoms with Crippen LogP contribution in [0.3, 0.4) is 0 Å². The van der Waals surface area contributed by atoms with Gasteiger partial charge < -0.3 is 10.1 Å². The van der Waals surface area contributed by atoms with Crippen LogP contribution in [0.25, 0.3) is 0 Å². The molecule has 3 nitrogen and oxygen atoms in total. The van der Waals surface area contributed by atoms with E-state index in [0.717, 1.165) is 41.7 Å². The summed E-state index contributed by atoms with van der Waals surface area (Å²) in [6.45, 7) is 7.19. The SMILES string of the molecule is CC(C)(C)CC1CCc2cc(OCc3ccccc3)ccc2C(=O)N1. The summed E-state index contributed by atoms with van der Waals surface area (Å²) >= 11 is 0. The predicted molar refractivity (Wildman–Crippen MR) is 101 cm³/mol. The number of fused-ring (bicyclic) bond motifs is 1. The highest BCUT2D eigenvalue weighted by atomic mass is 16.5. The molecule has 1 N–H and O–H groups in total. The monoisotopic (exact) mass is 337 g/mol. The Hall–Kier alpha value is -2.29. The van der Waals surface area contributed by atoms with Crippen LogP contribution in [0.1, 0.15) is 55.1 Å². The number of amides is 1. The van der Waals surface area contributed by atoms with Crippen LogP contribution in [-0.2, 0) is 13.0 Å². The van der Waals surface area contributed by atoms with E-state index in [1.54, 1.807) is 0 Å². The van der Waals surface area contributed by atoms with Crippen LogP contribution >= 0.6 is 0 Å². The zero-order valence-corrected chi connectivity index (χ0v) is 15.3. The van der Waals surface area contributed by atoms with Crippen molar-refractivity contribution in [2.45, 2.75) is 52.7 Å². The number of ether oxygens (including phenoxy) is 1. The highest BCUT2D eigenvalue weighted by Crippen LogP contribution is 2.27. The number of benzene rings is 2.